The normalized spacial score (nSPS) is 18.1. The van der Waals surface area contributed by atoms with Gasteiger partial charge in [-0.1, -0.05) is 24.3 Å². The molecule has 0 saturated carbocycles. The number of aromatic nitrogens is 1. The number of nitrogens with one attached hydrogen (secondary N) is 3. The van der Waals surface area contributed by atoms with Crippen LogP contribution in [0.2, 0.25) is 0 Å². The van der Waals surface area contributed by atoms with Crippen molar-refractivity contribution in [2.45, 2.75) is 64.1 Å². The molecule has 2 aliphatic rings. The average molecular weight is 533 g/mol. The van der Waals surface area contributed by atoms with Crippen molar-refractivity contribution in [1.29, 1.82) is 0 Å². The maximum Gasteiger partial charge on any atom is 0.403 e. The van der Waals surface area contributed by atoms with Crippen LogP contribution < -0.4 is 16.0 Å². The standard InChI is InChI=1S/C27H35F3N6O2/c1-18(27(28,29)30)33-24(17-35-15-21-5-3-4-6-22(21)16-35)14-32-26(38)20-7-10-31-25(13-20)34-23-8-11-36(12-9-23)19(2)37/h3-7,10,13,18,23-24,33H,8-9,11-12,14-17H2,1-2H3,(H,31,34)(H,32,38). The van der Waals surface area contributed by atoms with E-state index in [0.717, 1.165) is 19.8 Å². The fraction of sp³-hybridized carbons (Fsp3) is 0.519. The smallest absolute Gasteiger partial charge is 0.367 e. The van der Waals surface area contributed by atoms with Crippen molar-refractivity contribution in [3.63, 3.8) is 0 Å². The van der Waals surface area contributed by atoms with Gasteiger partial charge in [0.1, 0.15) is 11.9 Å². The van der Waals surface area contributed by atoms with E-state index < -0.39 is 18.3 Å². The summed E-state index contributed by atoms with van der Waals surface area (Å²) < 4.78 is 39.9. The van der Waals surface area contributed by atoms with Crippen molar-refractivity contribution in [1.82, 2.24) is 25.4 Å². The second kappa shape index (κ2) is 12.1. The Morgan fingerprint density at radius 3 is 2.37 bits per heavy atom. The number of anilines is 1. The van der Waals surface area contributed by atoms with Gasteiger partial charge in [0, 0.05) is 70.0 Å². The third-order valence-electron chi connectivity index (χ3n) is 7.19. The maximum atomic E-state index is 13.3. The molecule has 2 unspecified atom stereocenters. The molecule has 0 aliphatic carbocycles. The zero-order valence-electron chi connectivity index (χ0n) is 21.7. The topological polar surface area (TPSA) is 89.6 Å². The Hall–Kier alpha value is -3.18. The second-order valence-corrected chi connectivity index (χ2v) is 10.1. The molecule has 2 atom stereocenters. The van der Waals surface area contributed by atoms with Gasteiger partial charge in [0.05, 0.1) is 0 Å². The minimum Gasteiger partial charge on any atom is -0.367 e. The van der Waals surface area contributed by atoms with Crippen LogP contribution >= 0.6 is 0 Å². The highest BCUT2D eigenvalue weighted by Crippen LogP contribution is 2.24. The Labute approximate surface area is 221 Å². The quantitative estimate of drug-likeness (QED) is 0.460. The van der Waals surface area contributed by atoms with Crippen molar-refractivity contribution < 1.29 is 22.8 Å². The summed E-state index contributed by atoms with van der Waals surface area (Å²) >= 11 is 0. The Balaban J connectivity index is 1.34. The number of benzene rings is 1. The molecule has 3 N–H and O–H groups in total. The second-order valence-electron chi connectivity index (χ2n) is 10.1. The van der Waals surface area contributed by atoms with E-state index in [1.807, 2.05) is 24.3 Å². The molecular formula is C27H35F3N6O2. The Kier molecular flexibility index (Phi) is 8.88. The first-order valence-electron chi connectivity index (χ1n) is 13.0. The number of nitrogens with zero attached hydrogens (tertiary/aromatic N) is 3. The van der Waals surface area contributed by atoms with Crippen LogP contribution in [0.1, 0.15) is 48.2 Å². The van der Waals surface area contributed by atoms with Crippen LogP contribution in [0.3, 0.4) is 0 Å². The molecule has 0 bridgehead atoms. The third kappa shape index (κ3) is 7.44. The van der Waals surface area contributed by atoms with E-state index in [0.29, 0.717) is 44.1 Å². The van der Waals surface area contributed by atoms with Crippen molar-refractivity contribution in [2.24, 2.45) is 0 Å². The molecule has 3 heterocycles. The summed E-state index contributed by atoms with van der Waals surface area (Å²) in [5, 5.41) is 8.79. The monoisotopic (exact) mass is 532 g/mol. The lowest BCUT2D eigenvalue weighted by atomic mass is 10.0. The Morgan fingerprint density at radius 2 is 1.76 bits per heavy atom. The lowest BCUT2D eigenvalue weighted by Crippen LogP contribution is -2.53. The van der Waals surface area contributed by atoms with Crippen LogP contribution in [0.15, 0.2) is 42.6 Å². The number of alkyl halides is 3. The molecule has 1 fully saturated rings. The Morgan fingerprint density at radius 1 is 1.11 bits per heavy atom. The van der Waals surface area contributed by atoms with E-state index in [-0.39, 0.29) is 24.4 Å². The van der Waals surface area contributed by atoms with Gasteiger partial charge in [-0.2, -0.15) is 13.2 Å². The number of carbonyl (C=O) groups excluding carboxylic acids is 2. The fourth-order valence-corrected chi connectivity index (χ4v) is 4.99. The molecule has 1 saturated heterocycles. The van der Waals surface area contributed by atoms with Crippen molar-refractivity contribution in [3.8, 4) is 0 Å². The SMILES string of the molecule is CC(=O)N1CCC(Nc2cc(C(=O)NCC(CN3Cc4ccccc4C3)NC(C)C(F)(F)F)ccn2)CC1. The predicted octanol–water partition coefficient (Wildman–Crippen LogP) is 3.16. The molecular weight excluding hydrogens is 497 g/mol. The van der Waals surface area contributed by atoms with Gasteiger partial charge >= 0.3 is 6.18 Å². The minimum absolute atomic E-state index is 0.0424. The minimum atomic E-state index is -4.39. The number of hydrogen-bond acceptors (Lipinski definition) is 6. The van der Waals surface area contributed by atoms with E-state index in [4.69, 9.17) is 0 Å². The van der Waals surface area contributed by atoms with Crippen LogP contribution in [0.4, 0.5) is 19.0 Å². The van der Waals surface area contributed by atoms with E-state index in [1.54, 1.807) is 24.0 Å². The summed E-state index contributed by atoms with van der Waals surface area (Å²) in [6.07, 6.45) is -1.29. The fourth-order valence-electron chi connectivity index (χ4n) is 4.99. The van der Waals surface area contributed by atoms with Gasteiger partial charge in [0.2, 0.25) is 5.91 Å². The van der Waals surface area contributed by atoms with Gasteiger partial charge in [0.15, 0.2) is 0 Å². The van der Waals surface area contributed by atoms with E-state index in [9.17, 15) is 22.8 Å². The number of carbonyl (C=O) groups is 2. The number of rotatable bonds is 9. The molecule has 0 spiro atoms. The maximum absolute atomic E-state index is 13.3. The van der Waals surface area contributed by atoms with E-state index in [1.165, 1.54) is 17.3 Å². The molecule has 8 nitrogen and oxygen atoms in total. The predicted molar refractivity (Wildman–Crippen MR) is 138 cm³/mol. The van der Waals surface area contributed by atoms with E-state index in [2.05, 4.69) is 25.8 Å². The molecule has 11 heteroatoms. The zero-order chi connectivity index (χ0) is 27.3. The number of hydrogen-bond donors (Lipinski definition) is 3. The van der Waals surface area contributed by atoms with Crippen LogP contribution in [-0.2, 0) is 17.9 Å². The lowest BCUT2D eigenvalue weighted by molar-refractivity contribution is -0.153. The number of halogens is 3. The summed E-state index contributed by atoms with van der Waals surface area (Å²) in [7, 11) is 0. The van der Waals surface area contributed by atoms with Gasteiger partial charge in [0.25, 0.3) is 5.91 Å². The van der Waals surface area contributed by atoms with Crippen LogP contribution in [-0.4, -0.2) is 77.1 Å². The van der Waals surface area contributed by atoms with Crippen LogP contribution in [0.25, 0.3) is 0 Å². The molecule has 38 heavy (non-hydrogen) atoms. The van der Waals surface area contributed by atoms with Crippen LogP contribution in [0, 0.1) is 0 Å². The first kappa shape index (κ1) is 27.8. The lowest BCUT2D eigenvalue weighted by Gasteiger charge is -2.32. The van der Waals surface area contributed by atoms with Gasteiger partial charge < -0.3 is 20.9 Å². The molecule has 1 aromatic heterocycles. The van der Waals surface area contributed by atoms with Crippen molar-refractivity contribution in [2.75, 3.05) is 31.5 Å². The highest BCUT2D eigenvalue weighted by molar-refractivity contribution is 5.94. The highest BCUT2D eigenvalue weighted by Gasteiger charge is 2.37. The molecule has 2 aliphatic heterocycles. The number of fused-ring (bicyclic) bond motifs is 1. The molecule has 206 valence electrons. The summed E-state index contributed by atoms with van der Waals surface area (Å²) in [4.78, 5) is 32.7. The Bertz CT molecular complexity index is 1090. The summed E-state index contributed by atoms with van der Waals surface area (Å²) in [5.41, 5.74) is 2.71. The van der Waals surface area contributed by atoms with Crippen molar-refractivity contribution >= 4 is 17.6 Å². The number of pyridine rings is 1. The average Bonchev–Trinajstić information content (AvgIpc) is 3.29. The number of amides is 2. The van der Waals surface area contributed by atoms with Gasteiger partial charge in [-0.3, -0.25) is 14.5 Å². The highest BCUT2D eigenvalue weighted by atomic mass is 19.4. The van der Waals surface area contributed by atoms with Gasteiger partial charge in [-0.25, -0.2) is 4.98 Å². The molecule has 2 aromatic rings. The zero-order valence-corrected chi connectivity index (χ0v) is 21.7. The first-order chi connectivity index (χ1) is 18.1. The van der Waals surface area contributed by atoms with Crippen LogP contribution in [0.5, 0.6) is 0 Å². The molecule has 2 amide bonds. The summed E-state index contributed by atoms with van der Waals surface area (Å²) in [5.74, 6) is 0.235. The molecule has 0 radical (unpaired) electrons. The summed E-state index contributed by atoms with van der Waals surface area (Å²) in [6.45, 7) is 5.71. The third-order valence-corrected chi connectivity index (χ3v) is 7.19. The first-order valence-corrected chi connectivity index (χ1v) is 13.0. The number of piperidine rings is 1. The molecule has 4 rings (SSSR count). The van der Waals surface area contributed by atoms with E-state index >= 15 is 0 Å². The number of likely N-dealkylation sites (tertiary alicyclic amines) is 1. The van der Waals surface area contributed by atoms with Crippen molar-refractivity contribution in [3.05, 3.63) is 59.3 Å². The van der Waals surface area contributed by atoms with Gasteiger partial charge in [-0.15, -0.1) is 0 Å². The largest absolute Gasteiger partial charge is 0.403 e. The summed E-state index contributed by atoms with van der Waals surface area (Å²) in [6, 6.07) is 9.02. The van der Waals surface area contributed by atoms with Gasteiger partial charge in [-0.05, 0) is 43.0 Å². The molecule has 1 aromatic carbocycles.